The van der Waals surface area contributed by atoms with Gasteiger partial charge in [0.05, 0.1) is 37.9 Å². The minimum atomic E-state index is -4.46. The minimum Gasteiger partial charge on any atom is -0.486 e. The molecule has 3 N–H and O–H groups in total. The first kappa shape index (κ1) is 24.3. The quantitative estimate of drug-likeness (QED) is 0.252. The Balaban J connectivity index is 1.51. The van der Waals surface area contributed by atoms with Gasteiger partial charge in [-0.3, -0.25) is 4.79 Å². The Hall–Kier alpha value is -3.43. The highest BCUT2D eigenvalue weighted by Crippen LogP contribution is 2.43. The van der Waals surface area contributed by atoms with Crippen molar-refractivity contribution >= 4 is 57.5 Å². The van der Waals surface area contributed by atoms with Crippen LogP contribution in [0.1, 0.15) is 35.3 Å². The molecule has 0 unspecified atom stereocenters. The number of carbonyl (C=O) groups is 1. The lowest BCUT2D eigenvalue weighted by Gasteiger charge is -2.18. The van der Waals surface area contributed by atoms with Crippen molar-refractivity contribution in [2.45, 2.75) is 32.0 Å². The molecule has 1 amide bonds. The molecule has 0 aliphatic carbocycles. The van der Waals surface area contributed by atoms with E-state index in [0.29, 0.717) is 44.9 Å². The Morgan fingerprint density at radius 3 is 2.42 bits per heavy atom. The van der Waals surface area contributed by atoms with E-state index >= 15 is 0 Å². The highest BCUT2D eigenvalue weighted by Gasteiger charge is 2.36. The third kappa shape index (κ3) is 4.56. The molecule has 0 saturated heterocycles. The number of carbonyl (C=O) groups excluding carboxylic acids is 1. The average molecular weight is 535 g/mol. The fraction of sp³-hybridized carbons (Fsp3) is 0.200. The number of amides is 1. The summed E-state index contributed by atoms with van der Waals surface area (Å²) in [4.78, 5) is 21.0. The number of nitrogens with zero attached hydrogens (tertiary/aromatic N) is 1. The van der Waals surface area contributed by atoms with Crippen molar-refractivity contribution in [3.63, 3.8) is 0 Å². The van der Waals surface area contributed by atoms with Crippen molar-refractivity contribution in [2.24, 2.45) is 0 Å². The Kier molecular flexibility index (Phi) is 5.80. The SMILES string of the molecule is CC1(C)Cc2c(c(C(=O)Nc3ccc(C(F)(F)F)cc3)cc3[nH]c(Nc4c(Cl)cccc4Cl)nc23)O1. The number of hydrogen-bond donors (Lipinski definition) is 3. The van der Waals surface area contributed by atoms with Crippen LogP contribution in [0.3, 0.4) is 0 Å². The Labute approximate surface area is 213 Å². The number of H-pyrrole nitrogens is 1. The number of aromatic amines is 1. The number of aromatic nitrogens is 2. The van der Waals surface area contributed by atoms with E-state index in [9.17, 15) is 18.0 Å². The van der Waals surface area contributed by atoms with Gasteiger partial charge in [-0.15, -0.1) is 0 Å². The van der Waals surface area contributed by atoms with E-state index in [1.807, 2.05) is 13.8 Å². The van der Waals surface area contributed by atoms with Gasteiger partial charge in [0.25, 0.3) is 5.91 Å². The topological polar surface area (TPSA) is 79.0 Å². The number of rotatable bonds is 4. The standard InChI is InChI=1S/C25H19Cl2F3N4O2/c1-24(2)11-15-19-18(32-23(33-19)34-20-16(26)4-3-5-17(20)27)10-14(21(15)36-24)22(35)31-13-8-6-12(7-9-13)25(28,29)30/h3-10H,11H2,1-2H3,(H,31,35)(H2,32,33,34). The number of anilines is 3. The number of nitrogens with one attached hydrogen (secondary N) is 3. The molecule has 5 rings (SSSR count). The van der Waals surface area contributed by atoms with Crippen molar-refractivity contribution in [1.29, 1.82) is 0 Å². The van der Waals surface area contributed by atoms with Crippen LogP contribution in [-0.2, 0) is 12.6 Å². The van der Waals surface area contributed by atoms with Crippen LogP contribution in [0, 0.1) is 0 Å². The molecule has 0 saturated carbocycles. The van der Waals surface area contributed by atoms with Crippen LogP contribution < -0.4 is 15.4 Å². The molecule has 0 radical (unpaired) electrons. The molecule has 0 bridgehead atoms. The Morgan fingerprint density at radius 1 is 1.11 bits per heavy atom. The summed E-state index contributed by atoms with van der Waals surface area (Å²) in [5.41, 5.74) is 1.47. The summed E-state index contributed by atoms with van der Waals surface area (Å²) >= 11 is 12.5. The molecule has 0 fully saturated rings. The van der Waals surface area contributed by atoms with E-state index in [2.05, 4.69) is 20.6 Å². The fourth-order valence-corrected chi connectivity index (χ4v) is 4.62. The highest BCUT2D eigenvalue weighted by molar-refractivity contribution is 6.39. The lowest BCUT2D eigenvalue weighted by Crippen LogP contribution is -2.25. The summed E-state index contributed by atoms with van der Waals surface area (Å²) in [5, 5.41) is 6.56. The van der Waals surface area contributed by atoms with Crippen molar-refractivity contribution in [1.82, 2.24) is 9.97 Å². The van der Waals surface area contributed by atoms with E-state index in [0.717, 1.165) is 17.7 Å². The zero-order valence-electron chi connectivity index (χ0n) is 19.0. The maximum absolute atomic E-state index is 13.2. The first-order valence-electron chi connectivity index (χ1n) is 10.9. The predicted molar refractivity (Wildman–Crippen MR) is 134 cm³/mol. The second kappa shape index (κ2) is 8.60. The van der Waals surface area contributed by atoms with E-state index in [1.54, 1.807) is 24.3 Å². The molecule has 0 spiro atoms. The molecule has 1 aliphatic rings. The summed E-state index contributed by atoms with van der Waals surface area (Å²) in [5.74, 6) is 0.224. The molecule has 11 heteroatoms. The lowest BCUT2D eigenvalue weighted by molar-refractivity contribution is -0.137. The van der Waals surface area contributed by atoms with Crippen LogP contribution in [0.2, 0.25) is 10.0 Å². The molecule has 186 valence electrons. The van der Waals surface area contributed by atoms with Gasteiger partial charge in [0.15, 0.2) is 0 Å². The van der Waals surface area contributed by atoms with Gasteiger partial charge in [-0.2, -0.15) is 13.2 Å². The van der Waals surface area contributed by atoms with Gasteiger partial charge in [0.2, 0.25) is 5.95 Å². The maximum atomic E-state index is 13.2. The number of imidazole rings is 1. The smallest absolute Gasteiger partial charge is 0.416 e. The van der Waals surface area contributed by atoms with Crippen LogP contribution >= 0.6 is 23.2 Å². The third-order valence-electron chi connectivity index (χ3n) is 5.73. The van der Waals surface area contributed by atoms with Gasteiger partial charge in [-0.1, -0.05) is 29.3 Å². The monoisotopic (exact) mass is 534 g/mol. The number of hydrogen-bond acceptors (Lipinski definition) is 4. The van der Waals surface area contributed by atoms with Crippen molar-refractivity contribution < 1.29 is 22.7 Å². The fourth-order valence-electron chi connectivity index (χ4n) is 4.12. The molecule has 36 heavy (non-hydrogen) atoms. The van der Waals surface area contributed by atoms with Gasteiger partial charge >= 0.3 is 6.18 Å². The number of halogens is 5. The first-order chi connectivity index (χ1) is 16.9. The molecule has 3 aromatic carbocycles. The van der Waals surface area contributed by atoms with Crippen LogP contribution in [0.4, 0.5) is 30.5 Å². The van der Waals surface area contributed by atoms with Gasteiger partial charge in [0.1, 0.15) is 11.4 Å². The summed E-state index contributed by atoms with van der Waals surface area (Å²) < 4.78 is 44.7. The minimum absolute atomic E-state index is 0.222. The number of para-hydroxylation sites is 1. The van der Waals surface area contributed by atoms with E-state index in [1.165, 1.54) is 12.1 Å². The summed E-state index contributed by atoms with van der Waals surface area (Å²) in [7, 11) is 0. The third-order valence-corrected chi connectivity index (χ3v) is 6.36. The van der Waals surface area contributed by atoms with Gasteiger partial charge in [-0.05, 0) is 56.3 Å². The molecular formula is C25H19Cl2F3N4O2. The summed E-state index contributed by atoms with van der Waals surface area (Å²) in [6, 6.07) is 10.9. The Morgan fingerprint density at radius 2 is 1.78 bits per heavy atom. The molecule has 4 aromatic rings. The van der Waals surface area contributed by atoms with Crippen molar-refractivity contribution in [3.05, 3.63) is 75.3 Å². The van der Waals surface area contributed by atoms with E-state index in [-0.39, 0.29) is 11.3 Å². The normalized spacial score (nSPS) is 14.4. The predicted octanol–water partition coefficient (Wildman–Crippen LogP) is 7.60. The van der Waals surface area contributed by atoms with Gasteiger partial charge in [-0.25, -0.2) is 4.98 Å². The van der Waals surface area contributed by atoms with E-state index in [4.69, 9.17) is 27.9 Å². The van der Waals surface area contributed by atoms with Crippen LogP contribution in [0.25, 0.3) is 11.0 Å². The summed E-state index contributed by atoms with van der Waals surface area (Å²) in [6.07, 6.45) is -3.97. The molecule has 0 atom stereocenters. The first-order valence-corrected chi connectivity index (χ1v) is 11.6. The Bertz CT molecular complexity index is 1480. The number of fused-ring (bicyclic) bond motifs is 3. The highest BCUT2D eigenvalue weighted by atomic mass is 35.5. The maximum Gasteiger partial charge on any atom is 0.416 e. The average Bonchev–Trinajstić information content (AvgIpc) is 3.34. The second-order valence-corrected chi connectivity index (χ2v) is 9.82. The van der Waals surface area contributed by atoms with Gasteiger partial charge in [0, 0.05) is 17.7 Å². The number of ether oxygens (including phenoxy) is 1. The second-order valence-electron chi connectivity index (χ2n) is 9.00. The van der Waals surface area contributed by atoms with Crippen molar-refractivity contribution in [2.75, 3.05) is 10.6 Å². The van der Waals surface area contributed by atoms with Crippen LogP contribution in [0.15, 0.2) is 48.5 Å². The molecule has 6 nitrogen and oxygen atoms in total. The van der Waals surface area contributed by atoms with Crippen LogP contribution in [-0.4, -0.2) is 21.5 Å². The molecule has 1 aromatic heterocycles. The zero-order valence-corrected chi connectivity index (χ0v) is 20.5. The van der Waals surface area contributed by atoms with Crippen molar-refractivity contribution in [3.8, 4) is 5.75 Å². The van der Waals surface area contributed by atoms with Crippen LogP contribution in [0.5, 0.6) is 5.75 Å². The molecule has 2 heterocycles. The largest absolute Gasteiger partial charge is 0.486 e. The zero-order chi connectivity index (χ0) is 25.8. The number of alkyl halides is 3. The van der Waals surface area contributed by atoms with Gasteiger partial charge < -0.3 is 20.4 Å². The molecular weight excluding hydrogens is 516 g/mol. The van der Waals surface area contributed by atoms with E-state index < -0.39 is 23.2 Å². The molecule has 1 aliphatic heterocycles. The number of benzene rings is 3. The lowest BCUT2D eigenvalue weighted by atomic mass is 9.98. The summed E-state index contributed by atoms with van der Waals surface area (Å²) in [6.45, 7) is 3.79.